The van der Waals surface area contributed by atoms with Crippen molar-refractivity contribution in [2.45, 2.75) is 24.9 Å². The average molecular weight is 522 g/mol. The lowest BCUT2D eigenvalue weighted by Gasteiger charge is -2.46. The van der Waals surface area contributed by atoms with E-state index in [-0.39, 0.29) is 42.1 Å². The van der Waals surface area contributed by atoms with Gasteiger partial charge in [-0.1, -0.05) is 10.2 Å². The van der Waals surface area contributed by atoms with Gasteiger partial charge in [-0.3, -0.25) is 14.6 Å². The van der Waals surface area contributed by atoms with Gasteiger partial charge >= 0.3 is 5.91 Å². The first-order valence-electron chi connectivity index (χ1n) is 11.4. The van der Waals surface area contributed by atoms with Gasteiger partial charge in [0.1, 0.15) is 30.0 Å². The number of phenolic OH excluding ortho intramolecular Hbond substituents is 1. The number of benzene rings is 1. The fourth-order valence-corrected chi connectivity index (χ4v) is 4.46. The van der Waals surface area contributed by atoms with Crippen LogP contribution in [0.3, 0.4) is 0 Å². The minimum atomic E-state index is -1.04. The lowest BCUT2D eigenvalue weighted by atomic mass is 10.0. The van der Waals surface area contributed by atoms with Crippen molar-refractivity contribution in [3.8, 4) is 5.75 Å². The molecule has 2 aromatic rings. The van der Waals surface area contributed by atoms with Gasteiger partial charge in [0.25, 0.3) is 0 Å². The van der Waals surface area contributed by atoms with Gasteiger partial charge in [-0.05, 0) is 54.2 Å². The zero-order chi connectivity index (χ0) is 27.2. The smallest absolute Gasteiger partial charge is 0.316 e. The second-order valence-electron chi connectivity index (χ2n) is 8.30. The molecule has 1 atom stereocenters. The van der Waals surface area contributed by atoms with E-state index in [0.29, 0.717) is 37.6 Å². The van der Waals surface area contributed by atoms with Crippen LogP contribution in [0, 0.1) is 4.91 Å². The van der Waals surface area contributed by atoms with E-state index in [1.54, 1.807) is 11.0 Å². The minimum Gasteiger partial charge on any atom is -0.506 e. The normalized spacial score (nSPS) is 17.2. The number of nitroso groups, excluding NO2 is 1. The zero-order valence-electron chi connectivity index (χ0n) is 19.9. The number of aromatic nitrogens is 1. The van der Waals surface area contributed by atoms with Crippen molar-refractivity contribution in [3.05, 3.63) is 61.7 Å². The van der Waals surface area contributed by atoms with Gasteiger partial charge in [0.05, 0.1) is 12.2 Å². The largest absolute Gasteiger partial charge is 0.506 e. The van der Waals surface area contributed by atoms with Crippen molar-refractivity contribution in [1.82, 2.24) is 4.98 Å². The van der Waals surface area contributed by atoms with E-state index in [1.807, 2.05) is 0 Å². The van der Waals surface area contributed by atoms with Crippen molar-refractivity contribution < 1.29 is 19.4 Å². The van der Waals surface area contributed by atoms with Crippen LogP contribution >= 0.6 is 0 Å². The molecule has 1 fully saturated rings. The Morgan fingerprint density at radius 2 is 1.95 bits per heavy atom. The van der Waals surface area contributed by atoms with Gasteiger partial charge in [0.15, 0.2) is 5.82 Å². The van der Waals surface area contributed by atoms with Gasteiger partial charge in [-0.2, -0.15) is 0 Å². The van der Waals surface area contributed by atoms with Crippen LogP contribution in [0.4, 0.5) is 23.0 Å². The van der Waals surface area contributed by atoms with Crippen LogP contribution in [0.15, 0.2) is 45.7 Å². The van der Waals surface area contributed by atoms with E-state index in [2.05, 4.69) is 30.2 Å². The fraction of sp³-hybridized carbons (Fsp3) is 0.381. The molecule has 3 N–H and O–H groups in total. The number of rotatable bonds is 8. The summed E-state index contributed by atoms with van der Waals surface area (Å²) in [5.41, 5.74) is 18.0. The zero-order valence-corrected chi connectivity index (χ0v) is 19.9. The van der Waals surface area contributed by atoms with Gasteiger partial charge in [-0.25, -0.2) is 10.8 Å². The standard InChI is InChI=1S/C21H22N12O5/c22-29-25-10-16-21(36)31(11-26-30-23)14-2-4-18(27-19(14)32(16)13-5-7-38-8-6-13)33(24)15-9-12(20(35)28-37)1-3-17(15)34/h1-4,9,13,16,34H,5-8,10-11,24H2/t16-/m1/s1. The summed E-state index contributed by atoms with van der Waals surface area (Å²) in [5.74, 6) is 4.92. The number of phenols is 1. The van der Waals surface area contributed by atoms with E-state index in [9.17, 15) is 19.6 Å². The van der Waals surface area contributed by atoms with Crippen LogP contribution in [0.5, 0.6) is 5.75 Å². The Morgan fingerprint density at radius 3 is 2.63 bits per heavy atom. The first-order valence-corrected chi connectivity index (χ1v) is 11.4. The van der Waals surface area contributed by atoms with E-state index in [0.717, 1.165) is 5.01 Å². The summed E-state index contributed by atoms with van der Waals surface area (Å²) >= 11 is 0. The number of hydrazine groups is 1. The molecular formula is C21H22N12O5. The third-order valence-electron chi connectivity index (χ3n) is 6.24. The molecule has 17 nitrogen and oxygen atoms in total. The van der Waals surface area contributed by atoms with Crippen molar-refractivity contribution in [1.29, 1.82) is 0 Å². The number of hydrogen-bond acceptors (Lipinski definition) is 11. The summed E-state index contributed by atoms with van der Waals surface area (Å²) in [6.07, 6.45) is 1.13. The average Bonchev–Trinajstić information content (AvgIpc) is 2.95. The molecule has 2 aliphatic heterocycles. The van der Waals surface area contributed by atoms with Crippen LogP contribution in [-0.4, -0.2) is 60.4 Å². The molecule has 0 bridgehead atoms. The second-order valence-corrected chi connectivity index (χ2v) is 8.30. The molecule has 0 aliphatic carbocycles. The highest BCUT2D eigenvalue weighted by Crippen LogP contribution is 2.40. The van der Waals surface area contributed by atoms with Crippen molar-refractivity contribution >= 4 is 34.8 Å². The van der Waals surface area contributed by atoms with Gasteiger partial charge in [0.2, 0.25) is 5.91 Å². The number of pyridine rings is 1. The Hall–Kier alpha value is -4.95. The lowest BCUT2D eigenvalue weighted by Crippen LogP contribution is -2.59. The van der Waals surface area contributed by atoms with Gasteiger partial charge < -0.3 is 19.6 Å². The maximum Gasteiger partial charge on any atom is 0.316 e. The molecule has 1 aromatic carbocycles. The number of fused-ring (bicyclic) bond motifs is 1. The summed E-state index contributed by atoms with van der Waals surface area (Å²) in [4.78, 5) is 49.2. The minimum absolute atomic E-state index is 0.0342. The molecule has 196 valence electrons. The number of hydrogen-bond donors (Lipinski definition) is 2. The number of amides is 2. The number of carbonyl (C=O) groups is 2. The number of ether oxygens (including phenoxy) is 1. The molecule has 0 spiro atoms. The topological polar surface area (TPSA) is 239 Å². The first-order chi connectivity index (χ1) is 18.4. The Bertz CT molecular complexity index is 1350. The molecule has 1 aromatic heterocycles. The lowest BCUT2D eigenvalue weighted by molar-refractivity contribution is -0.120. The summed E-state index contributed by atoms with van der Waals surface area (Å²) < 4.78 is 5.48. The number of nitrogens with two attached hydrogens (primary N) is 1. The summed E-state index contributed by atoms with van der Waals surface area (Å²) in [7, 11) is 0. The van der Waals surface area contributed by atoms with Crippen molar-refractivity contribution in [3.63, 3.8) is 0 Å². The highest BCUT2D eigenvalue weighted by Gasteiger charge is 2.42. The molecule has 2 amide bonds. The monoisotopic (exact) mass is 522 g/mol. The molecule has 0 unspecified atom stereocenters. The van der Waals surface area contributed by atoms with E-state index < -0.39 is 17.9 Å². The third-order valence-corrected chi connectivity index (χ3v) is 6.24. The summed E-state index contributed by atoms with van der Waals surface area (Å²) in [6.45, 7) is 0.363. The summed E-state index contributed by atoms with van der Waals surface area (Å²) in [5, 5.41) is 20.9. The Kier molecular flexibility index (Phi) is 7.84. The van der Waals surface area contributed by atoms with Crippen LogP contribution in [-0.2, 0) is 9.53 Å². The number of azide groups is 2. The van der Waals surface area contributed by atoms with Crippen LogP contribution in [0.2, 0.25) is 0 Å². The number of nitrogens with zero attached hydrogens (tertiary/aromatic N) is 11. The molecular weight excluding hydrogens is 500 g/mol. The molecule has 17 heteroatoms. The Balaban J connectivity index is 1.85. The number of carbonyl (C=O) groups excluding carboxylic acids is 2. The van der Waals surface area contributed by atoms with E-state index in [4.69, 9.17) is 21.6 Å². The molecule has 3 heterocycles. The van der Waals surface area contributed by atoms with E-state index in [1.165, 1.54) is 29.2 Å². The highest BCUT2D eigenvalue weighted by molar-refractivity contribution is 6.05. The predicted octanol–water partition coefficient (Wildman–Crippen LogP) is 2.98. The summed E-state index contributed by atoms with van der Waals surface area (Å²) in [6, 6.07) is 5.48. The number of aromatic hydroxyl groups is 1. The van der Waals surface area contributed by atoms with E-state index >= 15 is 0 Å². The molecule has 38 heavy (non-hydrogen) atoms. The Morgan fingerprint density at radius 1 is 1.21 bits per heavy atom. The predicted molar refractivity (Wildman–Crippen MR) is 134 cm³/mol. The quantitative estimate of drug-likeness (QED) is 0.129. The fourth-order valence-electron chi connectivity index (χ4n) is 4.46. The molecule has 0 saturated carbocycles. The van der Waals surface area contributed by atoms with Crippen LogP contribution in [0.25, 0.3) is 20.9 Å². The maximum atomic E-state index is 13.5. The second kappa shape index (κ2) is 11.4. The molecule has 4 rings (SSSR count). The Labute approximate surface area is 214 Å². The number of anilines is 4. The highest BCUT2D eigenvalue weighted by atomic mass is 16.5. The van der Waals surface area contributed by atoms with Gasteiger partial charge in [-0.15, -0.1) is 4.91 Å². The van der Waals surface area contributed by atoms with Crippen LogP contribution < -0.4 is 20.7 Å². The third kappa shape index (κ3) is 4.98. The maximum absolute atomic E-state index is 13.5. The van der Waals surface area contributed by atoms with Crippen molar-refractivity contribution in [2.75, 3.05) is 41.2 Å². The molecule has 1 saturated heterocycles. The molecule has 2 aliphatic rings. The SMILES string of the molecule is [N-]=[N+]=NC[C@@H]1C(=O)N(CN=[N+]=[N-])c2ccc(N(N)c3cc(C(=O)N=O)ccc3O)nc2N1C1CCOCC1. The molecule has 0 radical (unpaired) electrons. The first kappa shape index (κ1) is 26.1. The van der Waals surface area contributed by atoms with Crippen LogP contribution in [0.1, 0.15) is 23.2 Å². The van der Waals surface area contributed by atoms with Crippen molar-refractivity contribution in [2.24, 2.45) is 21.2 Å². The van der Waals surface area contributed by atoms with Gasteiger partial charge in [0, 0.05) is 39.8 Å².